The third-order valence-corrected chi connectivity index (χ3v) is 4.24. The molecule has 3 aromatic carbocycles. The van der Waals surface area contributed by atoms with Gasteiger partial charge in [-0.15, -0.1) is 11.8 Å². The molecule has 0 bridgehead atoms. The van der Waals surface area contributed by atoms with E-state index >= 15 is 0 Å². The van der Waals surface area contributed by atoms with Crippen LogP contribution in [0.3, 0.4) is 0 Å². The molecule has 1 nitrogen and oxygen atoms in total. The van der Waals surface area contributed by atoms with Crippen molar-refractivity contribution in [3.63, 3.8) is 0 Å². The van der Waals surface area contributed by atoms with Crippen molar-refractivity contribution in [1.82, 2.24) is 0 Å². The van der Waals surface area contributed by atoms with E-state index in [1.165, 1.54) is 4.90 Å². The van der Waals surface area contributed by atoms with Crippen molar-refractivity contribution >= 4 is 28.9 Å². The highest BCUT2D eigenvalue weighted by Gasteiger charge is 2.03. The molecule has 0 N–H and O–H groups in total. The maximum absolute atomic E-state index is 4.54. The van der Waals surface area contributed by atoms with Gasteiger partial charge in [0.25, 0.3) is 0 Å². The zero-order chi connectivity index (χ0) is 15.9. The largest absolute Gasteiger partial charge is 0.206 e. The van der Waals surface area contributed by atoms with E-state index < -0.39 is 0 Å². The molecule has 0 fully saturated rings. The first-order valence-electron chi connectivity index (χ1n) is 7.45. The Morgan fingerprint density at radius 3 is 1.74 bits per heavy atom. The maximum atomic E-state index is 4.54. The van der Waals surface area contributed by atoms with E-state index in [4.69, 9.17) is 0 Å². The van der Waals surface area contributed by atoms with E-state index in [-0.39, 0.29) is 0 Å². The van der Waals surface area contributed by atoms with Crippen LogP contribution in [0.4, 0.5) is 5.69 Å². The van der Waals surface area contributed by atoms with Crippen molar-refractivity contribution < 1.29 is 0 Å². The highest BCUT2D eigenvalue weighted by atomic mass is 32.2. The van der Waals surface area contributed by atoms with Gasteiger partial charge < -0.3 is 0 Å². The lowest BCUT2D eigenvalue weighted by Crippen LogP contribution is -1.88. The average molecular weight is 315 g/mol. The number of hydrogen-bond acceptors (Lipinski definition) is 2. The van der Waals surface area contributed by atoms with Crippen LogP contribution >= 0.6 is 11.8 Å². The lowest BCUT2D eigenvalue weighted by Gasteiger charge is -2.04. The summed E-state index contributed by atoms with van der Waals surface area (Å²) in [5.41, 5.74) is 4.14. The molecule has 0 saturated heterocycles. The van der Waals surface area contributed by atoms with E-state index in [1.54, 1.807) is 11.8 Å². The van der Waals surface area contributed by atoms with Gasteiger partial charge in [-0.05, 0) is 47.5 Å². The van der Waals surface area contributed by atoms with Gasteiger partial charge in [0.15, 0.2) is 0 Å². The fourth-order valence-electron chi connectivity index (χ4n) is 2.28. The summed E-state index contributed by atoms with van der Waals surface area (Å²) in [5.74, 6) is 3.24. The Balaban J connectivity index is 2.05. The molecule has 0 heterocycles. The van der Waals surface area contributed by atoms with Crippen LogP contribution < -0.4 is 0 Å². The van der Waals surface area contributed by atoms with Gasteiger partial charge in [-0.3, -0.25) is 0 Å². The van der Waals surface area contributed by atoms with Crippen molar-refractivity contribution in [1.29, 1.82) is 0 Å². The molecular weight excluding hydrogens is 298 g/mol. The normalized spacial score (nSPS) is 9.96. The van der Waals surface area contributed by atoms with Gasteiger partial charge in [0.1, 0.15) is 0 Å². The molecule has 2 heteroatoms. The fourth-order valence-corrected chi connectivity index (χ4v) is 2.69. The summed E-state index contributed by atoms with van der Waals surface area (Å²) >= 11 is 1.73. The number of hydrogen-bond donors (Lipinski definition) is 0. The minimum Gasteiger partial charge on any atom is -0.206 e. The molecule has 0 saturated carbocycles. The summed E-state index contributed by atoms with van der Waals surface area (Å²) in [6.45, 7) is 0. The van der Waals surface area contributed by atoms with Crippen LogP contribution in [-0.2, 0) is 0 Å². The molecule has 0 aliphatic rings. The van der Waals surface area contributed by atoms with Crippen LogP contribution in [-0.4, -0.2) is 12.1 Å². The third-order valence-electron chi connectivity index (χ3n) is 3.49. The van der Waals surface area contributed by atoms with Crippen LogP contribution in [0.1, 0.15) is 11.1 Å². The molecule has 0 radical (unpaired) electrons. The number of nitrogens with zero attached hydrogens (tertiary/aromatic N) is 1. The molecular formula is C21H17NS. The molecule has 0 spiro atoms. The molecule has 0 amide bonds. The number of rotatable bonds is 4. The Kier molecular flexibility index (Phi) is 5.10. The van der Waals surface area contributed by atoms with Gasteiger partial charge in [-0.2, -0.15) is 0 Å². The van der Waals surface area contributed by atoms with Crippen molar-refractivity contribution in [3.05, 3.63) is 96.1 Å². The molecule has 0 aliphatic carbocycles. The molecule has 0 atom stereocenters. The summed E-state index contributed by atoms with van der Waals surface area (Å²) in [6.07, 6.45) is 2.07. The first-order chi connectivity index (χ1) is 11.4. The Hall–Kier alpha value is -2.54. The van der Waals surface area contributed by atoms with Crippen LogP contribution in [0.2, 0.25) is 0 Å². The Morgan fingerprint density at radius 2 is 1.26 bits per heavy atom. The molecule has 0 unspecified atom stereocenters. The molecule has 0 aromatic heterocycles. The van der Waals surface area contributed by atoms with Crippen molar-refractivity contribution in [2.75, 3.05) is 6.26 Å². The zero-order valence-electron chi connectivity index (χ0n) is 12.9. The quantitative estimate of drug-likeness (QED) is 0.435. The first kappa shape index (κ1) is 15.4. The lowest BCUT2D eigenvalue weighted by molar-refractivity contribution is 1.43. The van der Waals surface area contributed by atoms with Crippen LogP contribution in [0.15, 0.2) is 94.8 Å². The summed E-state index contributed by atoms with van der Waals surface area (Å²) in [7, 11) is 0. The Labute approximate surface area is 141 Å². The maximum Gasteiger partial charge on any atom is 0.0730 e. The summed E-state index contributed by atoms with van der Waals surface area (Å²) in [4.78, 5) is 5.77. The highest BCUT2D eigenvalue weighted by Crippen LogP contribution is 2.22. The van der Waals surface area contributed by atoms with Crippen molar-refractivity contribution in [2.24, 2.45) is 4.99 Å². The molecule has 3 rings (SSSR count). The van der Waals surface area contributed by atoms with E-state index in [0.29, 0.717) is 0 Å². The van der Waals surface area contributed by atoms with E-state index in [2.05, 4.69) is 53.5 Å². The second-order valence-electron chi connectivity index (χ2n) is 5.03. The van der Waals surface area contributed by atoms with Crippen LogP contribution in [0.25, 0.3) is 5.57 Å². The monoisotopic (exact) mass is 315 g/mol. The minimum absolute atomic E-state index is 0.909. The van der Waals surface area contributed by atoms with E-state index in [0.717, 1.165) is 22.4 Å². The van der Waals surface area contributed by atoms with Crippen LogP contribution in [0.5, 0.6) is 0 Å². The standard InChI is InChI=1S/C21H17NS/c1-23-20-14-12-19(13-15-20)22-16-21(17-8-4-2-5-9-17)18-10-6-3-7-11-18/h2-15H,1H3. The Bertz CT molecular complexity index is 773. The molecule has 3 aromatic rings. The molecule has 0 aliphatic heterocycles. The number of benzene rings is 3. The van der Waals surface area contributed by atoms with Crippen LogP contribution in [0, 0.1) is 0 Å². The van der Waals surface area contributed by atoms with Gasteiger partial charge >= 0.3 is 0 Å². The first-order valence-corrected chi connectivity index (χ1v) is 8.68. The predicted octanol–water partition coefficient (Wildman–Crippen LogP) is 5.84. The second kappa shape index (κ2) is 7.64. The smallest absolute Gasteiger partial charge is 0.0730 e. The molecule has 112 valence electrons. The summed E-state index contributed by atoms with van der Waals surface area (Å²) in [6, 6.07) is 28.7. The lowest BCUT2D eigenvalue weighted by atomic mass is 9.99. The van der Waals surface area contributed by atoms with Gasteiger partial charge in [-0.25, -0.2) is 4.99 Å². The summed E-state index contributed by atoms with van der Waals surface area (Å²) < 4.78 is 0. The average Bonchev–Trinajstić information content (AvgIpc) is 2.64. The highest BCUT2D eigenvalue weighted by molar-refractivity contribution is 7.98. The second-order valence-corrected chi connectivity index (χ2v) is 5.91. The molecule has 23 heavy (non-hydrogen) atoms. The SMILES string of the molecule is CSc1ccc(N=C=C(c2ccccc2)c2ccccc2)cc1. The van der Waals surface area contributed by atoms with Gasteiger partial charge in [0, 0.05) is 4.90 Å². The number of thioether (sulfide) groups is 1. The number of aliphatic imine (C=N–C) groups is 1. The predicted molar refractivity (Wildman–Crippen MR) is 101 cm³/mol. The van der Waals surface area contributed by atoms with E-state index in [1.807, 2.05) is 48.5 Å². The van der Waals surface area contributed by atoms with Crippen molar-refractivity contribution in [3.8, 4) is 0 Å². The topological polar surface area (TPSA) is 12.4 Å². The third kappa shape index (κ3) is 4.01. The Morgan fingerprint density at radius 1 is 0.739 bits per heavy atom. The van der Waals surface area contributed by atoms with E-state index in [9.17, 15) is 0 Å². The van der Waals surface area contributed by atoms with Gasteiger partial charge in [0.2, 0.25) is 0 Å². The van der Waals surface area contributed by atoms with Gasteiger partial charge in [-0.1, -0.05) is 60.7 Å². The van der Waals surface area contributed by atoms with Gasteiger partial charge in [0.05, 0.1) is 11.3 Å². The van der Waals surface area contributed by atoms with Crippen molar-refractivity contribution in [2.45, 2.75) is 4.90 Å². The summed E-state index contributed by atoms with van der Waals surface area (Å²) in [5, 5.41) is 0. The fraction of sp³-hybridized carbons (Fsp3) is 0.0476. The zero-order valence-corrected chi connectivity index (χ0v) is 13.8. The minimum atomic E-state index is 0.909.